The first-order chi connectivity index (χ1) is 8.84. The molecule has 1 N–H and O–H groups in total. The van der Waals surface area contributed by atoms with E-state index in [0.717, 1.165) is 55.3 Å². The lowest BCUT2D eigenvalue weighted by atomic mass is 10.4. The number of imidazole rings is 1. The third-order valence-corrected chi connectivity index (χ3v) is 3.60. The van der Waals surface area contributed by atoms with Crippen LogP contribution in [0.15, 0.2) is 18.3 Å². The topological polar surface area (TPSA) is 46.1 Å². The van der Waals surface area contributed by atoms with E-state index in [4.69, 9.17) is 17.0 Å². The quantitative estimate of drug-likeness (QED) is 0.852. The molecule has 2 aromatic rings. The predicted molar refractivity (Wildman–Crippen MR) is 72.2 cm³/mol. The molecule has 1 aliphatic rings. The van der Waals surface area contributed by atoms with Gasteiger partial charge in [0.2, 0.25) is 0 Å². The average Bonchev–Trinajstić information content (AvgIpc) is 2.73. The van der Waals surface area contributed by atoms with Crippen LogP contribution in [-0.4, -0.2) is 52.3 Å². The standard InChI is InChI=1S/C12H16N4OS/c18-12-14-10-2-1-3-13-11(10)16(12)5-4-15-6-8-17-9-7-15/h1-3H,4-9H2,(H,14,18). The minimum Gasteiger partial charge on any atom is -0.379 e. The Morgan fingerprint density at radius 3 is 3.00 bits per heavy atom. The molecule has 0 aromatic carbocycles. The summed E-state index contributed by atoms with van der Waals surface area (Å²) in [4.78, 5) is 9.97. The maximum absolute atomic E-state index is 5.34. The zero-order valence-corrected chi connectivity index (χ0v) is 10.9. The number of aromatic amines is 1. The molecule has 0 bridgehead atoms. The highest BCUT2D eigenvalue weighted by Gasteiger charge is 2.11. The van der Waals surface area contributed by atoms with Gasteiger partial charge in [0.1, 0.15) is 0 Å². The van der Waals surface area contributed by atoms with E-state index in [1.165, 1.54) is 0 Å². The summed E-state index contributed by atoms with van der Waals surface area (Å²) in [6.07, 6.45) is 1.80. The fourth-order valence-corrected chi connectivity index (χ4v) is 2.55. The predicted octanol–water partition coefficient (Wildman–Crippen LogP) is 1.43. The Hall–Kier alpha value is -1.24. The molecule has 0 saturated carbocycles. The van der Waals surface area contributed by atoms with Gasteiger partial charge >= 0.3 is 0 Å². The third kappa shape index (κ3) is 2.31. The van der Waals surface area contributed by atoms with Gasteiger partial charge in [-0.25, -0.2) is 4.98 Å². The summed E-state index contributed by atoms with van der Waals surface area (Å²) in [7, 11) is 0. The van der Waals surface area contributed by atoms with Crippen molar-refractivity contribution in [2.45, 2.75) is 6.54 Å². The summed E-state index contributed by atoms with van der Waals surface area (Å²) in [5.74, 6) is 0. The van der Waals surface area contributed by atoms with Crippen molar-refractivity contribution in [2.75, 3.05) is 32.8 Å². The summed E-state index contributed by atoms with van der Waals surface area (Å²) >= 11 is 5.34. The van der Waals surface area contributed by atoms with Crippen molar-refractivity contribution in [2.24, 2.45) is 0 Å². The highest BCUT2D eigenvalue weighted by molar-refractivity contribution is 7.71. The maximum atomic E-state index is 5.34. The molecule has 1 saturated heterocycles. The van der Waals surface area contributed by atoms with Crippen LogP contribution >= 0.6 is 12.2 Å². The van der Waals surface area contributed by atoms with E-state index in [1.807, 2.05) is 12.1 Å². The number of pyridine rings is 1. The number of rotatable bonds is 3. The molecule has 96 valence electrons. The highest BCUT2D eigenvalue weighted by Crippen LogP contribution is 2.10. The number of ether oxygens (including phenoxy) is 1. The van der Waals surface area contributed by atoms with Crippen LogP contribution in [0.4, 0.5) is 0 Å². The molecule has 0 amide bonds. The minimum absolute atomic E-state index is 0.747. The van der Waals surface area contributed by atoms with Gasteiger partial charge in [0.15, 0.2) is 10.4 Å². The molecule has 3 rings (SSSR count). The number of H-pyrrole nitrogens is 1. The van der Waals surface area contributed by atoms with Crippen LogP contribution in [0.5, 0.6) is 0 Å². The molecular formula is C12H16N4OS. The van der Waals surface area contributed by atoms with Crippen molar-refractivity contribution in [1.82, 2.24) is 19.4 Å². The molecule has 0 unspecified atom stereocenters. The van der Waals surface area contributed by atoms with Gasteiger partial charge in [-0.05, 0) is 24.4 Å². The largest absolute Gasteiger partial charge is 0.379 e. The molecular weight excluding hydrogens is 248 g/mol. The van der Waals surface area contributed by atoms with E-state index in [2.05, 4.69) is 19.4 Å². The van der Waals surface area contributed by atoms with E-state index >= 15 is 0 Å². The first kappa shape index (κ1) is 11.8. The molecule has 0 spiro atoms. The van der Waals surface area contributed by atoms with Crippen molar-refractivity contribution in [3.63, 3.8) is 0 Å². The molecule has 1 fully saturated rings. The van der Waals surface area contributed by atoms with Crippen molar-refractivity contribution in [3.8, 4) is 0 Å². The second-order valence-electron chi connectivity index (χ2n) is 4.41. The Morgan fingerprint density at radius 2 is 2.17 bits per heavy atom. The molecule has 0 atom stereocenters. The van der Waals surface area contributed by atoms with Crippen molar-refractivity contribution in [1.29, 1.82) is 0 Å². The van der Waals surface area contributed by atoms with Crippen LogP contribution in [-0.2, 0) is 11.3 Å². The summed E-state index contributed by atoms with van der Waals surface area (Å²) in [6.45, 7) is 5.53. The maximum Gasteiger partial charge on any atom is 0.179 e. The summed E-state index contributed by atoms with van der Waals surface area (Å²) in [5.41, 5.74) is 1.94. The Balaban J connectivity index is 1.77. The average molecular weight is 264 g/mol. The van der Waals surface area contributed by atoms with Gasteiger partial charge < -0.3 is 14.3 Å². The number of nitrogens with zero attached hydrogens (tertiary/aromatic N) is 3. The SMILES string of the molecule is S=c1[nH]c2cccnc2n1CCN1CCOCC1. The van der Waals surface area contributed by atoms with E-state index < -0.39 is 0 Å². The van der Waals surface area contributed by atoms with Gasteiger partial charge in [0, 0.05) is 32.4 Å². The first-order valence-electron chi connectivity index (χ1n) is 6.18. The number of aromatic nitrogens is 3. The van der Waals surface area contributed by atoms with Gasteiger partial charge in [-0.1, -0.05) is 0 Å². The normalized spacial score (nSPS) is 17.3. The smallest absolute Gasteiger partial charge is 0.179 e. The monoisotopic (exact) mass is 264 g/mol. The van der Waals surface area contributed by atoms with Gasteiger partial charge in [0.05, 0.1) is 18.7 Å². The number of hydrogen-bond acceptors (Lipinski definition) is 4. The van der Waals surface area contributed by atoms with Crippen LogP contribution in [0.1, 0.15) is 0 Å². The zero-order valence-electron chi connectivity index (χ0n) is 10.1. The highest BCUT2D eigenvalue weighted by atomic mass is 32.1. The Kier molecular flexibility index (Phi) is 3.40. The Labute approximate surface area is 110 Å². The number of nitrogens with one attached hydrogen (secondary N) is 1. The molecule has 0 radical (unpaired) electrons. The number of hydrogen-bond donors (Lipinski definition) is 1. The van der Waals surface area contributed by atoms with Crippen LogP contribution < -0.4 is 0 Å². The molecule has 18 heavy (non-hydrogen) atoms. The Bertz CT molecular complexity index is 585. The lowest BCUT2D eigenvalue weighted by Crippen LogP contribution is -2.38. The van der Waals surface area contributed by atoms with Gasteiger partial charge in [-0.2, -0.15) is 0 Å². The van der Waals surface area contributed by atoms with Crippen molar-refractivity contribution < 1.29 is 4.74 Å². The van der Waals surface area contributed by atoms with Gasteiger partial charge in [0.25, 0.3) is 0 Å². The fourth-order valence-electron chi connectivity index (χ4n) is 2.26. The molecule has 6 heteroatoms. The summed E-state index contributed by atoms with van der Waals surface area (Å²) < 4.78 is 8.16. The van der Waals surface area contributed by atoms with Crippen LogP contribution in [0.25, 0.3) is 11.2 Å². The fraction of sp³-hybridized carbons (Fsp3) is 0.500. The Morgan fingerprint density at radius 1 is 1.33 bits per heavy atom. The number of fused-ring (bicyclic) bond motifs is 1. The van der Waals surface area contributed by atoms with Crippen LogP contribution in [0, 0.1) is 4.77 Å². The van der Waals surface area contributed by atoms with Gasteiger partial charge in [-0.3, -0.25) is 4.90 Å². The molecule has 0 aliphatic carbocycles. The summed E-state index contributed by atoms with van der Waals surface area (Å²) in [5, 5.41) is 0. The zero-order chi connectivity index (χ0) is 12.4. The summed E-state index contributed by atoms with van der Waals surface area (Å²) in [6, 6.07) is 3.92. The van der Waals surface area contributed by atoms with Gasteiger partial charge in [-0.15, -0.1) is 0 Å². The second-order valence-corrected chi connectivity index (χ2v) is 4.80. The van der Waals surface area contributed by atoms with Crippen molar-refractivity contribution in [3.05, 3.63) is 23.1 Å². The molecule has 3 heterocycles. The molecule has 5 nitrogen and oxygen atoms in total. The lowest BCUT2D eigenvalue weighted by Gasteiger charge is -2.26. The van der Waals surface area contributed by atoms with Crippen LogP contribution in [0.2, 0.25) is 0 Å². The second kappa shape index (κ2) is 5.17. The lowest BCUT2D eigenvalue weighted by molar-refractivity contribution is 0.0364. The van der Waals surface area contributed by atoms with E-state index in [-0.39, 0.29) is 0 Å². The third-order valence-electron chi connectivity index (χ3n) is 3.27. The first-order valence-corrected chi connectivity index (χ1v) is 6.59. The molecule has 1 aliphatic heterocycles. The van der Waals surface area contributed by atoms with E-state index in [0.29, 0.717) is 0 Å². The number of morpholine rings is 1. The van der Waals surface area contributed by atoms with Crippen LogP contribution in [0.3, 0.4) is 0 Å². The minimum atomic E-state index is 0.747. The van der Waals surface area contributed by atoms with E-state index in [9.17, 15) is 0 Å². The molecule has 2 aromatic heterocycles. The van der Waals surface area contributed by atoms with Crippen molar-refractivity contribution >= 4 is 23.4 Å². The van der Waals surface area contributed by atoms with E-state index in [1.54, 1.807) is 6.20 Å².